The zero-order valence-electron chi connectivity index (χ0n) is 15.8. The van der Waals surface area contributed by atoms with E-state index in [2.05, 4.69) is 32.3 Å². The number of nitrogens with zero attached hydrogens (tertiary/aromatic N) is 3. The zero-order chi connectivity index (χ0) is 19.2. The largest absolute Gasteiger partial charge is 0.355 e. The Hall–Kier alpha value is -3.21. The van der Waals surface area contributed by atoms with Crippen LogP contribution in [0.4, 0.5) is 5.82 Å². The Labute approximate surface area is 165 Å². The number of aromatic nitrogens is 2. The number of anilines is 1. The highest BCUT2D eigenvalue weighted by Gasteiger charge is 2.21. The predicted octanol–water partition coefficient (Wildman–Crippen LogP) is 3.79. The number of amides is 1. The molecular weight excluding hydrogens is 348 g/mol. The molecule has 1 aliphatic rings. The molecule has 28 heavy (non-hydrogen) atoms. The molecule has 4 rings (SSSR count). The van der Waals surface area contributed by atoms with Crippen LogP contribution in [0.15, 0.2) is 73.2 Å². The molecule has 0 radical (unpaired) electrons. The molecule has 0 bridgehead atoms. The smallest absolute Gasteiger partial charge is 0.251 e. The topological polar surface area (TPSA) is 58.1 Å². The quantitative estimate of drug-likeness (QED) is 0.740. The van der Waals surface area contributed by atoms with Crippen LogP contribution in [0.1, 0.15) is 23.2 Å². The van der Waals surface area contributed by atoms with Gasteiger partial charge in [-0.3, -0.25) is 9.78 Å². The van der Waals surface area contributed by atoms with Crippen molar-refractivity contribution < 1.29 is 4.79 Å². The van der Waals surface area contributed by atoms with Gasteiger partial charge in [0.15, 0.2) is 0 Å². The van der Waals surface area contributed by atoms with Crippen LogP contribution in [0, 0.1) is 5.92 Å². The van der Waals surface area contributed by atoms with Crippen molar-refractivity contribution >= 4 is 11.7 Å². The summed E-state index contributed by atoms with van der Waals surface area (Å²) in [6, 6.07) is 18.0. The lowest BCUT2D eigenvalue weighted by molar-refractivity contribution is 0.0945. The van der Waals surface area contributed by atoms with Crippen LogP contribution >= 0.6 is 0 Å². The van der Waals surface area contributed by atoms with Gasteiger partial charge >= 0.3 is 0 Å². The molecule has 0 saturated carbocycles. The molecule has 5 nitrogen and oxygen atoms in total. The maximum absolute atomic E-state index is 12.5. The standard InChI is InChI=1S/C23H24N4O/c28-23(21-10-8-20(9-11-21)19-6-2-1-3-7-19)26-15-18-5-4-14-27(17-18)22-16-24-12-13-25-22/h1-3,6-13,16,18H,4-5,14-15,17H2,(H,26,28)/t18-/m0/s1. The summed E-state index contributed by atoms with van der Waals surface area (Å²) in [5.74, 6) is 1.31. The van der Waals surface area contributed by atoms with E-state index < -0.39 is 0 Å². The van der Waals surface area contributed by atoms with Crippen LogP contribution in [0.25, 0.3) is 11.1 Å². The van der Waals surface area contributed by atoms with Gasteiger partial charge in [-0.1, -0.05) is 42.5 Å². The molecule has 1 aromatic heterocycles. The first-order valence-electron chi connectivity index (χ1n) is 9.74. The fraction of sp³-hybridized carbons (Fsp3) is 0.261. The van der Waals surface area contributed by atoms with Gasteiger partial charge in [0.1, 0.15) is 5.82 Å². The summed E-state index contributed by atoms with van der Waals surface area (Å²) in [6.07, 6.45) is 7.43. The van der Waals surface area contributed by atoms with E-state index in [9.17, 15) is 4.79 Å². The molecule has 1 amide bonds. The van der Waals surface area contributed by atoms with E-state index in [1.165, 1.54) is 0 Å². The third-order valence-electron chi connectivity index (χ3n) is 5.20. The lowest BCUT2D eigenvalue weighted by Crippen LogP contribution is -2.41. The Morgan fingerprint density at radius 1 is 1.04 bits per heavy atom. The Morgan fingerprint density at radius 3 is 2.57 bits per heavy atom. The van der Waals surface area contributed by atoms with E-state index >= 15 is 0 Å². The molecule has 2 aromatic carbocycles. The van der Waals surface area contributed by atoms with Crippen molar-refractivity contribution in [3.63, 3.8) is 0 Å². The molecule has 0 aliphatic carbocycles. The maximum atomic E-state index is 12.5. The number of carbonyl (C=O) groups excluding carboxylic acids is 1. The first-order valence-corrected chi connectivity index (χ1v) is 9.74. The van der Waals surface area contributed by atoms with Crippen LogP contribution in [0.2, 0.25) is 0 Å². The van der Waals surface area contributed by atoms with Crippen LogP contribution in [0.3, 0.4) is 0 Å². The Morgan fingerprint density at radius 2 is 1.82 bits per heavy atom. The lowest BCUT2D eigenvalue weighted by atomic mass is 9.98. The van der Waals surface area contributed by atoms with E-state index in [1.54, 1.807) is 18.6 Å². The molecule has 1 aliphatic heterocycles. The molecule has 1 atom stereocenters. The average molecular weight is 372 g/mol. The summed E-state index contributed by atoms with van der Waals surface area (Å²) < 4.78 is 0. The Bertz CT molecular complexity index is 897. The van der Waals surface area contributed by atoms with Crippen molar-refractivity contribution in [2.45, 2.75) is 12.8 Å². The SMILES string of the molecule is O=C(NC[C@@H]1CCCN(c2cnccn2)C1)c1ccc(-c2ccccc2)cc1. The van der Waals surface area contributed by atoms with E-state index in [-0.39, 0.29) is 5.91 Å². The molecule has 3 aromatic rings. The number of rotatable bonds is 5. The second-order valence-electron chi connectivity index (χ2n) is 7.17. The van der Waals surface area contributed by atoms with Crippen LogP contribution in [0.5, 0.6) is 0 Å². The first kappa shape index (κ1) is 18.2. The fourth-order valence-corrected chi connectivity index (χ4v) is 3.68. The van der Waals surface area contributed by atoms with E-state index in [0.717, 1.165) is 42.9 Å². The van der Waals surface area contributed by atoms with Gasteiger partial charge in [-0.05, 0) is 42.0 Å². The number of piperidine rings is 1. The lowest BCUT2D eigenvalue weighted by Gasteiger charge is -2.33. The van der Waals surface area contributed by atoms with Crippen LogP contribution < -0.4 is 10.2 Å². The third-order valence-corrected chi connectivity index (χ3v) is 5.20. The van der Waals surface area contributed by atoms with Crippen molar-refractivity contribution in [2.24, 2.45) is 5.92 Å². The monoisotopic (exact) mass is 372 g/mol. The highest BCUT2D eigenvalue weighted by molar-refractivity contribution is 5.94. The maximum Gasteiger partial charge on any atom is 0.251 e. The minimum atomic E-state index is -0.0174. The molecule has 0 unspecified atom stereocenters. The van der Waals surface area contributed by atoms with E-state index in [1.807, 2.05) is 42.5 Å². The summed E-state index contributed by atoms with van der Waals surface area (Å²) in [6.45, 7) is 2.56. The Kier molecular flexibility index (Phi) is 5.61. The summed E-state index contributed by atoms with van der Waals surface area (Å²) in [4.78, 5) is 23.3. The third kappa shape index (κ3) is 4.36. The molecule has 1 fully saturated rings. The van der Waals surface area contributed by atoms with Crippen molar-refractivity contribution in [1.82, 2.24) is 15.3 Å². The molecule has 1 saturated heterocycles. The summed E-state index contributed by atoms with van der Waals surface area (Å²) in [5, 5.41) is 3.10. The number of carbonyl (C=O) groups is 1. The van der Waals surface area contributed by atoms with Crippen molar-refractivity contribution in [2.75, 3.05) is 24.5 Å². The molecule has 0 spiro atoms. The minimum absolute atomic E-state index is 0.0174. The molecular formula is C23H24N4O. The number of benzene rings is 2. The van der Waals surface area contributed by atoms with Gasteiger partial charge in [-0.2, -0.15) is 0 Å². The van der Waals surface area contributed by atoms with Crippen molar-refractivity contribution in [3.8, 4) is 11.1 Å². The molecule has 5 heteroatoms. The highest BCUT2D eigenvalue weighted by atomic mass is 16.1. The molecule has 2 heterocycles. The minimum Gasteiger partial charge on any atom is -0.355 e. The number of hydrogen-bond acceptors (Lipinski definition) is 4. The van der Waals surface area contributed by atoms with Gasteiger partial charge in [0.2, 0.25) is 0 Å². The summed E-state index contributed by atoms with van der Waals surface area (Å²) >= 11 is 0. The molecule has 1 N–H and O–H groups in total. The van der Waals surface area contributed by atoms with Gasteiger partial charge in [-0.25, -0.2) is 4.98 Å². The van der Waals surface area contributed by atoms with E-state index in [4.69, 9.17) is 0 Å². The second kappa shape index (κ2) is 8.65. The van der Waals surface area contributed by atoms with Gasteiger partial charge in [0.05, 0.1) is 6.20 Å². The number of hydrogen-bond donors (Lipinski definition) is 1. The van der Waals surface area contributed by atoms with Crippen LogP contribution in [-0.2, 0) is 0 Å². The highest BCUT2D eigenvalue weighted by Crippen LogP contribution is 2.21. The van der Waals surface area contributed by atoms with Crippen molar-refractivity contribution in [1.29, 1.82) is 0 Å². The van der Waals surface area contributed by atoms with Crippen LogP contribution in [-0.4, -0.2) is 35.5 Å². The predicted molar refractivity (Wildman–Crippen MR) is 111 cm³/mol. The summed E-state index contributed by atoms with van der Waals surface area (Å²) in [7, 11) is 0. The van der Waals surface area contributed by atoms with Gasteiger partial charge in [0, 0.05) is 37.6 Å². The summed E-state index contributed by atoms with van der Waals surface area (Å²) in [5.41, 5.74) is 2.96. The van der Waals surface area contributed by atoms with E-state index in [0.29, 0.717) is 18.0 Å². The van der Waals surface area contributed by atoms with Gasteiger partial charge in [-0.15, -0.1) is 0 Å². The normalized spacial score (nSPS) is 16.6. The first-order chi connectivity index (χ1) is 13.8. The fourth-order valence-electron chi connectivity index (χ4n) is 3.68. The Balaban J connectivity index is 1.33. The van der Waals surface area contributed by atoms with Gasteiger partial charge < -0.3 is 10.2 Å². The van der Waals surface area contributed by atoms with Crippen molar-refractivity contribution in [3.05, 3.63) is 78.8 Å². The second-order valence-corrected chi connectivity index (χ2v) is 7.17. The number of nitrogens with one attached hydrogen (secondary N) is 1. The zero-order valence-corrected chi connectivity index (χ0v) is 15.8. The van der Waals surface area contributed by atoms with Gasteiger partial charge in [0.25, 0.3) is 5.91 Å². The average Bonchev–Trinajstić information content (AvgIpc) is 2.79. The molecule has 142 valence electrons.